The highest BCUT2D eigenvalue weighted by Crippen LogP contribution is 2.25. The molecule has 0 saturated carbocycles. The van der Waals surface area contributed by atoms with Gasteiger partial charge in [0.1, 0.15) is 5.69 Å². The summed E-state index contributed by atoms with van der Waals surface area (Å²) < 4.78 is 1.74. The molecule has 0 aliphatic rings. The maximum absolute atomic E-state index is 12.9. The summed E-state index contributed by atoms with van der Waals surface area (Å²) in [7, 11) is 0. The average molecular weight is 368 g/mol. The molecule has 1 amide bonds. The molecule has 0 aliphatic heterocycles. The van der Waals surface area contributed by atoms with Gasteiger partial charge in [0.25, 0.3) is 5.91 Å². The van der Waals surface area contributed by atoms with Crippen molar-refractivity contribution >= 4 is 17.5 Å². The van der Waals surface area contributed by atoms with Crippen molar-refractivity contribution in [3.8, 4) is 16.9 Å². The Balaban J connectivity index is 2.04. The summed E-state index contributed by atoms with van der Waals surface area (Å²) in [5.41, 5.74) is 2.97. The van der Waals surface area contributed by atoms with E-state index in [1.807, 2.05) is 42.5 Å². The second-order valence-electron chi connectivity index (χ2n) is 6.17. The Morgan fingerprint density at radius 3 is 2.35 bits per heavy atom. The number of halogens is 1. The van der Waals surface area contributed by atoms with Crippen LogP contribution in [0.1, 0.15) is 37.0 Å². The molecule has 3 aromatic rings. The number of carbonyl (C=O) groups is 1. The van der Waals surface area contributed by atoms with Gasteiger partial charge in [0.05, 0.1) is 11.3 Å². The fraction of sp³-hybridized carbons (Fsp3) is 0.238. The first-order valence-corrected chi connectivity index (χ1v) is 9.22. The molecule has 0 saturated heterocycles. The van der Waals surface area contributed by atoms with E-state index in [1.54, 1.807) is 23.0 Å². The van der Waals surface area contributed by atoms with Crippen LogP contribution in [0, 0.1) is 0 Å². The van der Waals surface area contributed by atoms with Gasteiger partial charge in [-0.25, -0.2) is 4.68 Å². The first-order valence-electron chi connectivity index (χ1n) is 8.84. The van der Waals surface area contributed by atoms with Crippen LogP contribution in [0.3, 0.4) is 0 Å². The van der Waals surface area contributed by atoms with E-state index in [9.17, 15) is 4.79 Å². The zero-order valence-corrected chi connectivity index (χ0v) is 15.7. The van der Waals surface area contributed by atoms with Crippen molar-refractivity contribution < 1.29 is 4.79 Å². The van der Waals surface area contributed by atoms with Gasteiger partial charge in [-0.2, -0.15) is 5.10 Å². The van der Waals surface area contributed by atoms with E-state index in [-0.39, 0.29) is 11.9 Å². The highest BCUT2D eigenvalue weighted by molar-refractivity contribution is 6.30. The third-order valence-corrected chi connectivity index (χ3v) is 4.67. The SMILES string of the molecule is CCC(CC)NC(=O)c1cn(-c2ccccc2)nc1-c1ccc(Cl)cc1. The van der Waals surface area contributed by atoms with Crippen LogP contribution >= 0.6 is 11.6 Å². The van der Waals surface area contributed by atoms with Gasteiger partial charge in [-0.05, 0) is 37.1 Å². The largest absolute Gasteiger partial charge is 0.349 e. The maximum atomic E-state index is 12.9. The molecule has 2 aromatic carbocycles. The fourth-order valence-electron chi connectivity index (χ4n) is 2.83. The summed E-state index contributed by atoms with van der Waals surface area (Å²) in [4.78, 5) is 12.9. The van der Waals surface area contributed by atoms with E-state index in [2.05, 4.69) is 24.3 Å². The van der Waals surface area contributed by atoms with E-state index < -0.39 is 0 Å². The first kappa shape index (κ1) is 18.2. The molecular formula is C21H22ClN3O. The molecule has 0 spiro atoms. The molecule has 0 atom stereocenters. The van der Waals surface area contributed by atoms with E-state index in [4.69, 9.17) is 11.6 Å². The first-order chi connectivity index (χ1) is 12.6. The molecule has 0 bridgehead atoms. The Labute approximate surface area is 158 Å². The maximum Gasteiger partial charge on any atom is 0.255 e. The molecule has 0 fully saturated rings. The average Bonchev–Trinajstić information content (AvgIpc) is 3.13. The number of hydrogen-bond acceptors (Lipinski definition) is 2. The van der Waals surface area contributed by atoms with Crippen LogP contribution in [0.25, 0.3) is 16.9 Å². The Morgan fingerprint density at radius 2 is 1.73 bits per heavy atom. The van der Waals surface area contributed by atoms with Crippen molar-refractivity contribution in [2.24, 2.45) is 0 Å². The molecule has 134 valence electrons. The summed E-state index contributed by atoms with van der Waals surface area (Å²) in [5.74, 6) is -0.106. The van der Waals surface area contributed by atoms with Gasteiger partial charge in [-0.1, -0.05) is 55.8 Å². The summed E-state index contributed by atoms with van der Waals surface area (Å²) in [6.07, 6.45) is 3.58. The Morgan fingerprint density at radius 1 is 1.08 bits per heavy atom. The number of para-hydroxylation sites is 1. The fourth-order valence-corrected chi connectivity index (χ4v) is 2.96. The summed E-state index contributed by atoms with van der Waals surface area (Å²) in [6.45, 7) is 4.14. The van der Waals surface area contributed by atoms with Crippen LogP contribution < -0.4 is 5.32 Å². The molecule has 3 rings (SSSR count). The Kier molecular flexibility index (Phi) is 5.74. The lowest BCUT2D eigenvalue weighted by atomic mass is 10.1. The zero-order chi connectivity index (χ0) is 18.5. The van der Waals surface area contributed by atoms with Gasteiger partial charge in [0, 0.05) is 22.8 Å². The molecule has 1 heterocycles. The van der Waals surface area contributed by atoms with Crippen molar-refractivity contribution in [2.45, 2.75) is 32.7 Å². The number of aromatic nitrogens is 2. The van der Waals surface area contributed by atoms with Crippen LogP contribution in [0.5, 0.6) is 0 Å². The van der Waals surface area contributed by atoms with Gasteiger partial charge < -0.3 is 5.32 Å². The summed E-state index contributed by atoms with van der Waals surface area (Å²) >= 11 is 6.00. The van der Waals surface area contributed by atoms with Crippen LogP contribution in [-0.4, -0.2) is 21.7 Å². The number of benzene rings is 2. The van der Waals surface area contributed by atoms with E-state index in [0.717, 1.165) is 24.1 Å². The topological polar surface area (TPSA) is 46.9 Å². The number of amides is 1. The quantitative estimate of drug-likeness (QED) is 0.658. The van der Waals surface area contributed by atoms with Crippen LogP contribution in [0.15, 0.2) is 60.8 Å². The van der Waals surface area contributed by atoms with Crippen molar-refractivity contribution in [3.05, 3.63) is 71.4 Å². The molecule has 26 heavy (non-hydrogen) atoms. The van der Waals surface area contributed by atoms with E-state index >= 15 is 0 Å². The van der Waals surface area contributed by atoms with E-state index in [0.29, 0.717) is 16.3 Å². The van der Waals surface area contributed by atoms with Crippen LogP contribution in [0.2, 0.25) is 5.02 Å². The summed E-state index contributed by atoms with van der Waals surface area (Å²) in [6, 6.07) is 17.3. The molecule has 5 heteroatoms. The van der Waals surface area contributed by atoms with Crippen LogP contribution in [0.4, 0.5) is 0 Å². The van der Waals surface area contributed by atoms with Crippen LogP contribution in [-0.2, 0) is 0 Å². The lowest BCUT2D eigenvalue weighted by Crippen LogP contribution is -2.33. The van der Waals surface area contributed by atoms with Gasteiger partial charge in [-0.3, -0.25) is 4.79 Å². The lowest BCUT2D eigenvalue weighted by Gasteiger charge is -2.14. The van der Waals surface area contributed by atoms with Gasteiger partial charge in [0.2, 0.25) is 0 Å². The number of nitrogens with one attached hydrogen (secondary N) is 1. The minimum Gasteiger partial charge on any atom is -0.349 e. The summed E-state index contributed by atoms with van der Waals surface area (Å²) in [5, 5.41) is 8.43. The Bertz CT molecular complexity index is 868. The van der Waals surface area contributed by atoms with Crippen molar-refractivity contribution in [1.29, 1.82) is 0 Å². The molecule has 4 nitrogen and oxygen atoms in total. The highest BCUT2D eigenvalue weighted by atomic mass is 35.5. The highest BCUT2D eigenvalue weighted by Gasteiger charge is 2.20. The predicted octanol–water partition coefficient (Wildman–Crippen LogP) is 5.11. The third kappa shape index (κ3) is 3.97. The molecule has 0 aliphatic carbocycles. The molecule has 1 N–H and O–H groups in total. The third-order valence-electron chi connectivity index (χ3n) is 4.42. The van der Waals surface area contributed by atoms with Gasteiger partial charge >= 0.3 is 0 Å². The minimum absolute atomic E-state index is 0.106. The monoisotopic (exact) mass is 367 g/mol. The molecule has 0 radical (unpaired) electrons. The van der Waals surface area contributed by atoms with Crippen molar-refractivity contribution in [2.75, 3.05) is 0 Å². The van der Waals surface area contributed by atoms with Gasteiger partial charge in [-0.15, -0.1) is 0 Å². The number of carbonyl (C=O) groups excluding carboxylic acids is 1. The normalized spacial score (nSPS) is 10.9. The zero-order valence-electron chi connectivity index (χ0n) is 14.9. The van der Waals surface area contributed by atoms with Crippen molar-refractivity contribution in [3.63, 3.8) is 0 Å². The number of rotatable bonds is 6. The number of hydrogen-bond donors (Lipinski definition) is 1. The second kappa shape index (κ2) is 8.19. The number of nitrogens with zero attached hydrogens (tertiary/aromatic N) is 2. The molecule has 0 unspecified atom stereocenters. The molecular weight excluding hydrogens is 346 g/mol. The standard InChI is InChI=1S/C21H22ClN3O/c1-3-17(4-2)23-21(26)19-14-25(18-8-6-5-7-9-18)24-20(19)15-10-12-16(22)13-11-15/h5-14,17H,3-4H2,1-2H3,(H,23,26). The smallest absolute Gasteiger partial charge is 0.255 e. The lowest BCUT2D eigenvalue weighted by molar-refractivity contribution is 0.0935. The predicted molar refractivity (Wildman–Crippen MR) is 106 cm³/mol. The van der Waals surface area contributed by atoms with Crippen molar-refractivity contribution in [1.82, 2.24) is 15.1 Å². The second-order valence-corrected chi connectivity index (χ2v) is 6.60. The van der Waals surface area contributed by atoms with E-state index in [1.165, 1.54) is 0 Å². The molecule has 1 aromatic heterocycles. The Hall–Kier alpha value is -2.59. The van der Waals surface area contributed by atoms with Gasteiger partial charge in [0.15, 0.2) is 0 Å². The minimum atomic E-state index is -0.106.